The van der Waals surface area contributed by atoms with Crippen LogP contribution in [-0.2, 0) is 38.7 Å². The van der Waals surface area contributed by atoms with Crippen LogP contribution in [0, 0.1) is 18.3 Å². The molecular weight excluding hydrogens is 678 g/mol. The smallest absolute Gasteiger partial charge is 0.245 e. The molecule has 0 saturated carbocycles. The number of aliphatic hydroxyl groups excluding tert-OH is 1. The van der Waals surface area contributed by atoms with E-state index in [-0.39, 0.29) is 44.4 Å². The molecule has 3 aromatic carbocycles. The number of fused-ring (bicyclic) bond motifs is 15. The first-order valence-corrected chi connectivity index (χ1v) is 17.1. The van der Waals surface area contributed by atoms with E-state index >= 15 is 0 Å². The summed E-state index contributed by atoms with van der Waals surface area (Å²) in [6, 6.07) is 22.2. The molecule has 15 heteroatoms. The normalized spacial score (nSPS) is 18.5. The monoisotopic (exact) mass is 717 g/mol. The molecule has 0 saturated heterocycles. The van der Waals surface area contributed by atoms with Crippen LogP contribution in [0.1, 0.15) is 35.6 Å². The lowest BCUT2D eigenvalue weighted by Crippen LogP contribution is -2.56. The molecule has 0 unspecified atom stereocenters. The quantitative estimate of drug-likeness (QED) is 0.179. The second-order valence-electron chi connectivity index (χ2n) is 12.6. The van der Waals surface area contributed by atoms with E-state index < -0.39 is 42.5 Å². The number of carbonyl (C=O) groups excluding carboxylic acids is 4. The van der Waals surface area contributed by atoms with Crippen molar-refractivity contribution >= 4 is 34.5 Å². The summed E-state index contributed by atoms with van der Waals surface area (Å²) < 4.78 is 8.93. The fourth-order valence-corrected chi connectivity index (χ4v) is 6.22. The molecule has 0 radical (unpaired) electrons. The number of nitrogens with zero attached hydrogens (tertiary/aromatic N) is 5. The van der Waals surface area contributed by atoms with Gasteiger partial charge in [0.2, 0.25) is 23.6 Å². The molecular formula is C38H39N9O6. The Hall–Kier alpha value is -6.53. The number of aliphatic hydroxyl groups is 1. The molecule has 7 rings (SSSR count). The minimum atomic E-state index is -1.40. The van der Waals surface area contributed by atoms with Crippen molar-refractivity contribution in [1.29, 1.82) is 5.26 Å². The first-order chi connectivity index (χ1) is 25.6. The van der Waals surface area contributed by atoms with Gasteiger partial charge in [0, 0.05) is 23.1 Å². The van der Waals surface area contributed by atoms with Crippen molar-refractivity contribution in [2.24, 2.45) is 0 Å². The highest BCUT2D eigenvalue weighted by Gasteiger charge is 2.29. The van der Waals surface area contributed by atoms with Crippen molar-refractivity contribution < 1.29 is 29.0 Å². The van der Waals surface area contributed by atoms with Crippen LogP contribution in [0.25, 0.3) is 22.3 Å². The Morgan fingerprint density at radius 2 is 1.75 bits per heavy atom. The molecule has 2 aliphatic heterocycles. The van der Waals surface area contributed by atoms with Crippen molar-refractivity contribution in [3.8, 4) is 23.2 Å². The van der Waals surface area contributed by atoms with Crippen molar-refractivity contribution in [2.75, 3.05) is 19.8 Å². The number of aromatic nitrogens is 4. The highest BCUT2D eigenvalue weighted by molar-refractivity contribution is 5.93. The third-order valence-corrected chi connectivity index (χ3v) is 8.94. The molecule has 0 fully saturated rings. The molecule has 0 aliphatic carbocycles. The molecule has 5 aromatic rings. The number of nitriles is 1. The topological polar surface area (TPSA) is 205 Å². The lowest BCUT2D eigenvalue weighted by Gasteiger charge is -2.24. The van der Waals surface area contributed by atoms with Gasteiger partial charge in [-0.25, -0.2) is 9.67 Å². The molecule has 3 atom stereocenters. The summed E-state index contributed by atoms with van der Waals surface area (Å²) in [5.41, 5.74) is 3.15. The fourth-order valence-electron chi connectivity index (χ4n) is 6.22. The number of amides is 4. The average molecular weight is 718 g/mol. The lowest BCUT2D eigenvalue weighted by molar-refractivity contribution is -0.133. The van der Waals surface area contributed by atoms with Gasteiger partial charge in [-0.3, -0.25) is 19.2 Å². The van der Waals surface area contributed by atoms with Gasteiger partial charge in [0.15, 0.2) is 5.82 Å². The number of rotatable bonds is 5. The predicted molar refractivity (Wildman–Crippen MR) is 193 cm³/mol. The highest BCUT2D eigenvalue weighted by atomic mass is 16.5. The molecule has 2 bridgehead atoms. The van der Waals surface area contributed by atoms with Gasteiger partial charge in [-0.2, -0.15) is 10.4 Å². The molecule has 272 valence electrons. The number of nitrogens with one attached hydrogen (secondary N) is 4. The second kappa shape index (κ2) is 16.2. The van der Waals surface area contributed by atoms with Crippen LogP contribution in [0.15, 0.2) is 78.9 Å². The summed E-state index contributed by atoms with van der Waals surface area (Å²) >= 11 is 0. The Labute approximate surface area is 305 Å². The molecule has 53 heavy (non-hydrogen) atoms. The summed E-state index contributed by atoms with van der Waals surface area (Å²) in [4.78, 5) is 58.5. The van der Waals surface area contributed by atoms with Gasteiger partial charge in [-0.1, -0.05) is 60.7 Å². The standard InChI is InChI=1S/C38H39N9O6/c1-23-36-44-35(26-8-4-3-5-9-26)45-47(36)21-33(49)40-16-17-53-27-14-12-25(13-15-27)18-30(37(51)43-31(22-48)38(52)41-23)42-34(50)20-46-24(2)29(19-39)28-10-6-7-11-32(28)46/h3-15,23,30-31,48H,16-18,20-22H2,1-2H3,(H,40,49)(H,41,52)(H,42,50)(H,43,51)/t23-,30-,31-/m0/s1. The van der Waals surface area contributed by atoms with Gasteiger partial charge >= 0.3 is 0 Å². The van der Waals surface area contributed by atoms with Crippen molar-refractivity contribution in [3.63, 3.8) is 0 Å². The van der Waals surface area contributed by atoms with Crippen LogP contribution < -0.4 is 26.0 Å². The third-order valence-electron chi connectivity index (χ3n) is 8.94. The minimum absolute atomic E-state index is 0.0459. The summed E-state index contributed by atoms with van der Waals surface area (Å²) in [6.45, 7) is 2.69. The third kappa shape index (κ3) is 8.35. The Morgan fingerprint density at radius 1 is 1.02 bits per heavy atom. The molecule has 15 nitrogen and oxygen atoms in total. The first-order valence-electron chi connectivity index (χ1n) is 17.1. The van der Waals surface area contributed by atoms with Gasteiger partial charge in [0.1, 0.15) is 49.4 Å². The van der Waals surface area contributed by atoms with Crippen molar-refractivity contribution in [1.82, 2.24) is 40.6 Å². The van der Waals surface area contributed by atoms with E-state index in [0.29, 0.717) is 44.9 Å². The van der Waals surface area contributed by atoms with E-state index in [9.17, 15) is 29.5 Å². The maximum absolute atomic E-state index is 13.8. The number of para-hydroxylation sites is 1. The van der Waals surface area contributed by atoms with Gasteiger partial charge in [-0.05, 0) is 37.6 Å². The Morgan fingerprint density at radius 3 is 2.49 bits per heavy atom. The SMILES string of the molecule is Cc1c(C#N)c2ccccc2n1CC(=O)N[C@H]1Cc2ccc(cc2)OCCNC(=O)Cn2nc(-c3ccccc3)nc2[C@H](C)NC(=O)[C@H](CO)NC1=O. The Bertz CT molecular complexity index is 2170. The zero-order valence-corrected chi connectivity index (χ0v) is 29.2. The molecule has 0 spiro atoms. The molecule has 2 aromatic heterocycles. The van der Waals surface area contributed by atoms with Crippen LogP contribution in [0.3, 0.4) is 0 Å². The van der Waals surface area contributed by atoms with Crippen LogP contribution >= 0.6 is 0 Å². The zero-order valence-electron chi connectivity index (χ0n) is 29.2. The zero-order chi connectivity index (χ0) is 37.5. The first kappa shape index (κ1) is 36.3. The summed E-state index contributed by atoms with van der Waals surface area (Å²) in [6.07, 6.45) is 0.0459. The maximum atomic E-state index is 13.8. The number of hydrogen-bond donors (Lipinski definition) is 5. The minimum Gasteiger partial charge on any atom is -0.492 e. The number of benzene rings is 3. The van der Waals surface area contributed by atoms with E-state index in [1.807, 2.05) is 54.6 Å². The number of ether oxygens (including phenoxy) is 1. The van der Waals surface area contributed by atoms with E-state index in [4.69, 9.17) is 4.74 Å². The van der Waals surface area contributed by atoms with Gasteiger partial charge in [-0.15, -0.1) is 0 Å². The summed E-state index contributed by atoms with van der Waals surface area (Å²) in [7, 11) is 0. The summed E-state index contributed by atoms with van der Waals surface area (Å²) in [5, 5.41) is 36.3. The second-order valence-corrected chi connectivity index (χ2v) is 12.6. The van der Waals surface area contributed by atoms with Gasteiger partial charge < -0.3 is 35.7 Å². The van der Waals surface area contributed by atoms with Crippen LogP contribution in [0.2, 0.25) is 0 Å². The van der Waals surface area contributed by atoms with E-state index in [0.717, 1.165) is 0 Å². The molecule has 4 amide bonds. The Balaban J connectivity index is 1.27. The Kier molecular flexibility index (Phi) is 11.1. The molecule has 4 heterocycles. The predicted octanol–water partition coefficient (Wildman–Crippen LogP) is 1.67. The molecule has 2 aliphatic rings. The van der Waals surface area contributed by atoms with Crippen LogP contribution in [-0.4, -0.2) is 79.9 Å². The average Bonchev–Trinajstić information content (AvgIpc) is 3.70. The van der Waals surface area contributed by atoms with Crippen LogP contribution in [0.5, 0.6) is 5.75 Å². The largest absolute Gasteiger partial charge is 0.492 e. The van der Waals surface area contributed by atoms with E-state index in [1.165, 1.54) is 4.68 Å². The number of hydrogen-bond acceptors (Lipinski definition) is 9. The van der Waals surface area contributed by atoms with E-state index in [2.05, 4.69) is 37.4 Å². The van der Waals surface area contributed by atoms with Crippen LogP contribution in [0.4, 0.5) is 0 Å². The molecule has 5 N–H and O–H groups in total. The fraction of sp³-hybridized carbons (Fsp3) is 0.289. The van der Waals surface area contributed by atoms with E-state index in [1.54, 1.807) is 42.7 Å². The van der Waals surface area contributed by atoms with Crippen molar-refractivity contribution in [2.45, 2.75) is 51.5 Å². The number of carbonyl (C=O) groups is 4. The highest BCUT2D eigenvalue weighted by Crippen LogP contribution is 2.25. The van der Waals surface area contributed by atoms with Gasteiger partial charge in [0.05, 0.1) is 30.3 Å². The van der Waals surface area contributed by atoms with Gasteiger partial charge in [0.25, 0.3) is 0 Å². The maximum Gasteiger partial charge on any atom is 0.245 e. The lowest BCUT2D eigenvalue weighted by atomic mass is 10.0. The van der Waals surface area contributed by atoms with Crippen molar-refractivity contribution in [3.05, 3.63) is 102 Å². The summed E-state index contributed by atoms with van der Waals surface area (Å²) in [5.74, 6) is -1.11.